The summed E-state index contributed by atoms with van der Waals surface area (Å²) in [5, 5.41) is 0. The number of furan rings is 1. The molecular formula is C10H13NO3. The second-order valence-corrected chi connectivity index (χ2v) is 3.36. The van der Waals surface area contributed by atoms with E-state index in [1.54, 1.807) is 12.1 Å². The molecule has 0 radical (unpaired) electrons. The maximum absolute atomic E-state index is 11.3. The number of ether oxygens (including phenoxy) is 1. The fraction of sp³-hybridized carbons (Fsp3) is 0.500. The van der Waals surface area contributed by atoms with Crippen LogP contribution in [0.3, 0.4) is 0 Å². The molecule has 76 valence electrons. The standard InChI is InChI=1S/C10H13NO3/c12-10(9-4-3-7-13-9)14-8-11-5-1-2-6-11/h3-4,7H,1-2,5-6,8H2. The van der Waals surface area contributed by atoms with Gasteiger partial charge in [-0.3, -0.25) is 4.90 Å². The molecule has 14 heavy (non-hydrogen) atoms. The number of carbonyl (C=O) groups is 1. The van der Waals surface area contributed by atoms with Crippen LogP contribution in [0.1, 0.15) is 23.4 Å². The van der Waals surface area contributed by atoms with Crippen molar-refractivity contribution in [3.63, 3.8) is 0 Å². The van der Waals surface area contributed by atoms with Crippen molar-refractivity contribution in [2.24, 2.45) is 0 Å². The third kappa shape index (κ3) is 2.14. The van der Waals surface area contributed by atoms with E-state index in [2.05, 4.69) is 4.90 Å². The normalized spacial score (nSPS) is 17.1. The van der Waals surface area contributed by atoms with Crippen LogP contribution in [0.4, 0.5) is 0 Å². The van der Waals surface area contributed by atoms with Crippen LogP contribution in [0.25, 0.3) is 0 Å². The minimum absolute atomic E-state index is 0.268. The third-order valence-electron chi connectivity index (χ3n) is 2.30. The van der Waals surface area contributed by atoms with E-state index >= 15 is 0 Å². The summed E-state index contributed by atoms with van der Waals surface area (Å²) in [7, 11) is 0. The molecule has 0 bridgehead atoms. The first-order valence-corrected chi connectivity index (χ1v) is 4.79. The van der Waals surface area contributed by atoms with Crippen molar-refractivity contribution in [2.75, 3.05) is 19.8 Å². The Hall–Kier alpha value is -1.29. The molecule has 0 unspecified atom stereocenters. The molecule has 1 saturated heterocycles. The molecule has 0 spiro atoms. The molecule has 1 aliphatic rings. The highest BCUT2D eigenvalue weighted by Gasteiger charge is 2.15. The van der Waals surface area contributed by atoms with Gasteiger partial charge in [-0.2, -0.15) is 0 Å². The van der Waals surface area contributed by atoms with E-state index in [-0.39, 0.29) is 11.7 Å². The van der Waals surface area contributed by atoms with Gasteiger partial charge in [-0.15, -0.1) is 0 Å². The number of carbonyl (C=O) groups excluding carboxylic acids is 1. The molecule has 1 aliphatic heterocycles. The van der Waals surface area contributed by atoms with Gasteiger partial charge >= 0.3 is 5.97 Å². The predicted molar refractivity (Wildman–Crippen MR) is 49.8 cm³/mol. The maximum Gasteiger partial charge on any atom is 0.375 e. The summed E-state index contributed by atoms with van der Waals surface area (Å²) < 4.78 is 9.98. The van der Waals surface area contributed by atoms with E-state index in [9.17, 15) is 4.79 Å². The Morgan fingerprint density at radius 3 is 2.93 bits per heavy atom. The average Bonchev–Trinajstić information content (AvgIpc) is 2.87. The molecule has 0 aromatic carbocycles. The van der Waals surface area contributed by atoms with Crippen molar-refractivity contribution in [1.29, 1.82) is 0 Å². The number of hydrogen-bond donors (Lipinski definition) is 0. The molecule has 4 nitrogen and oxygen atoms in total. The Kier molecular flexibility index (Phi) is 2.84. The molecule has 0 amide bonds. The molecule has 0 N–H and O–H groups in total. The molecule has 1 aromatic heterocycles. The van der Waals surface area contributed by atoms with Crippen LogP contribution in [0.2, 0.25) is 0 Å². The van der Waals surface area contributed by atoms with Crippen LogP contribution < -0.4 is 0 Å². The van der Waals surface area contributed by atoms with Crippen LogP contribution in [0, 0.1) is 0 Å². The SMILES string of the molecule is O=C(OCN1CCCC1)c1ccco1. The number of hydrogen-bond acceptors (Lipinski definition) is 4. The highest BCUT2D eigenvalue weighted by molar-refractivity contribution is 5.86. The average molecular weight is 195 g/mol. The first-order valence-electron chi connectivity index (χ1n) is 4.79. The highest BCUT2D eigenvalue weighted by atomic mass is 16.6. The van der Waals surface area contributed by atoms with E-state index in [1.807, 2.05) is 0 Å². The Bertz CT molecular complexity index is 288. The van der Waals surface area contributed by atoms with Crippen molar-refractivity contribution in [3.8, 4) is 0 Å². The topological polar surface area (TPSA) is 42.7 Å². The van der Waals surface area contributed by atoms with Gasteiger partial charge in [0.15, 0.2) is 0 Å². The van der Waals surface area contributed by atoms with Gasteiger partial charge in [0, 0.05) is 13.1 Å². The van der Waals surface area contributed by atoms with Gasteiger partial charge in [-0.25, -0.2) is 4.79 Å². The molecule has 1 aromatic rings. The highest BCUT2D eigenvalue weighted by Crippen LogP contribution is 2.08. The number of likely N-dealkylation sites (tertiary alicyclic amines) is 1. The van der Waals surface area contributed by atoms with Gasteiger partial charge < -0.3 is 9.15 Å². The van der Waals surface area contributed by atoms with Gasteiger partial charge in [0.2, 0.25) is 5.76 Å². The number of rotatable bonds is 3. The summed E-state index contributed by atoms with van der Waals surface area (Å²) >= 11 is 0. The van der Waals surface area contributed by atoms with Crippen molar-refractivity contribution in [1.82, 2.24) is 4.90 Å². The molecular weight excluding hydrogens is 182 g/mol. The zero-order valence-corrected chi connectivity index (χ0v) is 7.94. The van der Waals surface area contributed by atoms with E-state index < -0.39 is 0 Å². The number of esters is 1. The van der Waals surface area contributed by atoms with Gasteiger partial charge in [-0.05, 0) is 25.0 Å². The molecule has 0 aliphatic carbocycles. The second kappa shape index (κ2) is 4.28. The lowest BCUT2D eigenvalue weighted by atomic mass is 10.4. The molecule has 4 heteroatoms. The Labute approximate surface area is 82.4 Å². The molecule has 1 fully saturated rings. The molecule has 2 heterocycles. The van der Waals surface area contributed by atoms with Crippen LogP contribution in [0.5, 0.6) is 0 Å². The van der Waals surface area contributed by atoms with Crippen LogP contribution in [0.15, 0.2) is 22.8 Å². The molecule has 0 atom stereocenters. The first-order chi connectivity index (χ1) is 6.86. The third-order valence-corrected chi connectivity index (χ3v) is 2.30. The number of nitrogens with zero attached hydrogens (tertiary/aromatic N) is 1. The van der Waals surface area contributed by atoms with Crippen molar-refractivity contribution < 1.29 is 13.9 Å². The lowest BCUT2D eigenvalue weighted by Gasteiger charge is -2.13. The van der Waals surface area contributed by atoms with Gasteiger partial charge in [0.05, 0.1) is 6.26 Å². The largest absolute Gasteiger partial charge is 0.457 e. The molecule has 0 saturated carbocycles. The summed E-state index contributed by atoms with van der Waals surface area (Å²) in [6.07, 6.45) is 3.85. The summed E-state index contributed by atoms with van der Waals surface area (Å²) in [5.74, 6) is -0.119. The zero-order chi connectivity index (χ0) is 9.80. The summed E-state index contributed by atoms with van der Waals surface area (Å²) in [5.41, 5.74) is 0. The minimum Gasteiger partial charge on any atom is -0.457 e. The van der Waals surface area contributed by atoms with Crippen LogP contribution in [-0.2, 0) is 4.74 Å². The van der Waals surface area contributed by atoms with E-state index in [0.29, 0.717) is 6.73 Å². The Morgan fingerprint density at radius 1 is 1.50 bits per heavy atom. The van der Waals surface area contributed by atoms with Crippen molar-refractivity contribution >= 4 is 5.97 Å². The van der Waals surface area contributed by atoms with Gasteiger partial charge in [0.25, 0.3) is 0 Å². The maximum atomic E-state index is 11.3. The lowest BCUT2D eigenvalue weighted by Crippen LogP contribution is -2.24. The minimum atomic E-state index is -0.387. The summed E-state index contributed by atoms with van der Waals surface area (Å²) in [6.45, 7) is 2.41. The van der Waals surface area contributed by atoms with E-state index in [1.165, 1.54) is 19.1 Å². The second-order valence-electron chi connectivity index (χ2n) is 3.36. The monoisotopic (exact) mass is 195 g/mol. The summed E-state index contributed by atoms with van der Waals surface area (Å²) in [4.78, 5) is 13.4. The fourth-order valence-corrected chi connectivity index (χ4v) is 1.53. The molecule has 2 rings (SSSR count). The lowest BCUT2D eigenvalue weighted by molar-refractivity contribution is 0.0236. The Morgan fingerprint density at radius 2 is 2.29 bits per heavy atom. The smallest absolute Gasteiger partial charge is 0.375 e. The van der Waals surface area contributed by atoms with Crippen LogP contribution >= 0.6 is 0 Å². The van der Waals surface area contributed by atoms with E-state index in [0.717, 1.165) is 13.1 Å². The Balaban J connectivity index is 1.78. The predicted octanol–water partition coefficient (Wildman–Crippen LogP) is 1.49. The quantitative estimate of drug-likeness (QED) is 0.685. The summed E-state index contributed by atoms with van der Waals surface area (Å²) in [6, 6.07) is 3.28. The first kappa shape index (κ1) is 9.27. The van der Waals surface area contributed by atoms with E-state index in [4.69, 9.17) is 9.15 Å². The van der Waals surface area contributed by atoms with Crippen molar-refractivity contribution in [2.45, 2.75) is 12.8 Å². The van der Waals surface area contributed by atoms with Crippen molar-refractivity contribution in [3.05, 3.63) is 24.2 Å². The van der Waals surface area contributed by atoms with Gasteiger partial charge in [-0.1, -0.05) is 0 Å². The van der Waals surface area contributed by atoms with Gasteiger partial charge in [0.1, 0.15) is 6.73 Å². The zero-order valence-electron chi connectivity index (χ0n) is 7.94. The van der Waals surface area contributed by atoms with Crippen LogP contribution in [-0.4, -0.2) is 30.7 Å². The fourth-order valence-electron chi connectivity index (χ4n) is 1.53.